The Balaban J connectivity index is 1.27. The number of benzene rings is 2. The number of hydrogen-bond acceptors (Lipinski definition) is 6. The molecule has 2 aromatic carbocycles. The number of hydrogen-bond donors (Lipinski definition) is 4. The normalized spacial score (nSPS) is 17.1. The van der Waals surface area contributed by atoms with Gasteiger partial charge in [0.05, 0.1) is 24.8 Å². The number of piperidine rings is 1. The Bertz CT molecular complexity index is 1500. The predicted octanol–water partition coefficient (Wildman–Crippen LogP) is 3.75. The standard InChI is InChI=1S/C32H38FN5O3/c1-20-27-5-2-6-28(33)32(27)38(18-26(40)19-39)31(20)24-4-3-13-37(17-24)30(41)15-25(34)14-21-7-9-22(10-8-21)23-11-12-29(35)36-16-23/h2,5-12,16,24-26,39-40H,3-4,13-15,17-19,34H2,1H3,(H2,35,36)/t24?,25-,26-/m1/s1. The van der Waals surface area contributed by atoms with Crippen molar-refractivity contribution in [1.29, 1.82) is 0 Å². The largest absolute Gasteiger partial charge is 0.394 e. The Morgan fingerprint density at radius 2 is 1.90 bits per heavy atom. The summed E-state index contributed by atoms with van der Waals surface area (Å²) in [4.78, 5) is 19.4. The quantitative estimate of drug-likeness (QED) is 0.247. The van der Waals surface area contributed by atoms with Crippen LogP contribution in [0.2, 0.25) is 0 Å². The van der Waals surface area contributed by atoms with Gasteiger partial charge in [-0.1, -0.05) is 36.4 Å². The fourth-order valence-corrected chi connectivity index (χ4v) is 6.10. The first-order valence-electron chi connectivity index (χ1n) is 14.2. The van der Waals surface area contributed by atoms with Gasteiger partial charge in [-0.3, -0.25) is 4.79 Å². The van der Waals surface area contributed by atoms with Crippen molar-refractivity contribution in [2.75, 3.05) is 25.4 Å². The van der Waals surface area contributed by atoms with Crippen molar-refractivity contribution in [3.63, 3.8) is 0 Å². The zero-order chi connectivity index (χ0) is 29.1. The Hall–Kier alpha value is -3.79. The second-order valence-corrected chi connectivity index (χ2v) is 11.1. The Morgan fingerprint density at radius 1 is 1.15 bits per heavy atom. The average Bonchev–Trinajstić information content (AvgIpc) is 3.25. The minimum absolute atomic E-state index is 0.00802. The first-order chi connectivity index (χ1) is 19.7. The minimum Gasteiger partial charge on any atom is -0.394 e. The molecule has 216 valence electrons. The van der Waals surface area contributed by atoms with E-state index >= 15 is 0 Å². The van der Waals surface area contributed by atoms with Gasteiger partial charge < -0.3 is 31.1 Å². The van der Waals surface area contributed by atoms with E-state index in [9.17, 15) is 19.4 Å². The summed E-state index contributed by atoms with van der Waals surface area (Å²) in [6.07, 6.45) is 3.21. The number of aliphatic hydroxyl groups is 2. The van der Waals surface area contributed by atoms with E-state index in [1.165, 1.54) is 6.07 Å². The number of carbonyl (C=O) groups is 1. The third kappa shape index (κ3) is 6.27. The highest BCUT2D eigenvalue weighted by atomic mass is 19.1. The lowest BCUT2D eigenvalue weighted by Crippen LogP contribution is -2.42. The van der Waals surface area contributed by atoms with Crippen molar-refractivity contribution in [3.8, 4) is 11.1 Å². The van der Waals surface area contributed by atoms with Gasteiger partial charge in [-0.05, 0) is 61.1 Å². The number of aryl methyl sites for hydroxylation is 1. The van der Waals surface area contributed by atoms with Crippen LogP contribution in [-0.4, -0.2) is 62.4 Å². The molecule has 1 amide bonds. The number of anilines is 1. The topological polar surface area (TPSA) is 131 Å². The molecule has 1 unspecified atom stereocenters. The number of pyridine rings is 1. The number of nitrogen functional groups attached to an aromatic ring is 1. The third-order valence-electron chi connectivity index (χ3n) is 8.11. The molecule has 5 rings (SSSR count). The summed E-state index contributed by atoms with van der Waals surface area (Å²) in [5.74, 6) is 0.105. The summed E-state index contributed by atoms with van der Waals surface area (Å²) in [6, 6.07) is 16.4. The van der Waals surface area contributed by atoms with Gasteiger partial charge in [0.25, 0.3) is 0 Å². The number of amides is 1. The molecule has 9 heteroatoms. The highest BCUT2D eigenvalue weighted by Gasteiger charge is 2.31. The fraction of sp³-hybridized carbons (Fsp3) is 0.375. The van der Waals surface area contributed by atoms with Gasteiger partial charge in [0.1, 0.15) is 11.6 Å². The van der Waals surface area contributed by atoms with Gasteiger partial charge in [-0.2, -0.15) is 0 Å². The van der Waals surface area contributed by atoms with Crippen LogP contribution in [0, 0.1) is 12.7 Å². The molecule has 4 aromatic rings. The summed E-state index contributed by atoms with van der Waals surface area (Å²) in [7, 11) is 0. The first-order valence-corrected chi connectivity index (χ1v) is 14.2. The summed E-state index contributed by atoms with van der Waals surface area (Å²) in [5, 5.41) is 20.5. The van der Waals surface area contributed by atoms with Crippen molar-refractivity contribution >= 4 is 22.6 Å². The maximum absolute atomic E-state index is 15.0. The maximum Gasteiger partial charge on any atom is 0.224 e. The molecule has 1 saturated heterocycles. The molecule has 0 saturated carbocycles. The van der Waals surface area contributed by atoms with Crippen LogP contribution in [0.1, 0.15) is 42.0 Å². The zero-order valence-corrected chi connectivity index (χ0v) is 23.3. The van der Waals surface area contributed by atoms with Gasteiger partial charge >= 0.3 is 0 Å². The molecule has 41 heavy (non-hydrogen) atoms. The molecular formula is C32H38FN5O3. The van der Waals surface area contributed by atoms with Crippen LogP contribution in [0.4, 0.5) is 10.2 Å². The number of carbonyl (C=O) groups excluding carboxylic acids is 1. The van der Waals surface area contributed by atoms with Crippen molar-refractivity contribution in [2.45, 2.75) is 57.2 Å². The van der Waals surface area contributed by atoms with Crippen LogP contribution in [0.15, 0.2) is 60.8 Å². The molecule has 8 nitrogen and oxygen atoms in total. The van der Waals surface area contributed by atoms with E-state index in [1.54, 1.807) is 22.9 Å². The molecular weight excluding hydrogens is 521 g/mol. The number of rotatable bonds is 9. The van der Waals surface area contributed by atoms with E-state index in [0.29, 0.717) is 30.8 Å². The van der Waals surface area contributed by atoms with Gasteiger partial charge in [0.15, 0.2) is 0 Å². The molecule has 0 aliphatic carbocycles. The summed E-state index contributed by atoms with van der Waals surface area (Å²) >= 11 is 0. The van der Waals surface area contributed by atoms with Crippen molar-refractivity contribution in [2.24, 2.45) is 5.73 Å². The number of nitrogens with zero attached hydrogens (tertiary/aromatic N) is 3. The van der Waals surface area contributed by atoms with Gasteiger partial charge in [-0.15, -0.1) is 0 Å². The van der Waals surface area contributed by atoms with E-state index in [4.69, 9.17) is 11.5 Å². The molecule has 3 heterocycles. The maximum atomic E-state index is 15.0. The molecule has 0 bridgehead atoms. The molecule has 0 radical (unpaired) electrons. The number of nitrogens with two attached hydrogens (primary N) is 2. The van der Waals surface area contributed by atoms with Crippen molar-refractivity contribution in [1.82, 2.24) is 14.5 Å². The first kappa shape index (κ1) is 28.7. The van der Waals surface area contributed by atoms with Crippen molar-refractivity contribution in [3.05, 3.63) is 83.4 Å². The lowest BCUT2D eigenvalue weighted by Gasteiger charge is -2.34. The van der Waals surface area contributed by atoms with Gasteiger partial charge in [-0.25, -0.2) is 9.37 Å². The Morgan fingerprint density at radius 3 is 2.61 bits per heavy atom. The molecule has 1 fully saturated rings. The van der Waals surface area contributed by atoms with Crippen LogP contribution >= 0.6 is 0 Å². The van der Waals surface area contributed by atoms with E-state index < -0.39 is 12.7 Å². The SMILES string of the molecule is Cc1c(C2CCCN(C(=O)C[C@H](N)Cc3ccc(-c4ccc(N)nc4)cc3)C2)n(C[C@@H](O)CO)c2c(F)cccc12. The average molecular weight is 560 g/mol. The van der Waals surface area contributed by atoms with Crippen LogP contribution in [0.25, 0.3) is 22.0 Å². The van der Waals surface area contributed by atoms with E-state index in [1.807, 2.05) is 48.2 Å². The lowest BCUT2D eigenvalue weighted by molar-refractivity contribution is -0.132. The highest BCUT2D eigenvalue weighted by molar-refractivity contribution is 5.86. The molecule has 3 atom stereocenters. The summed E-state index contributed by atoms with van der Waals surface area (Å²) in [5.41, 5.74) is 17.5. The molecule has 1 aliphatic rings. The van der Waals surface area contributed by atoms with Crippen LogP contribution in [0.3, 0.4) is 0 Å². The molecule has 1 aliphatic heterocycles. The number of likely N-dealkylation sites (tertiary alicyclic amines) is 1. The number of halogens is 1. The lowest BCUT2D eigenvalue weighted by atomic mass is 9.91. The number of aromatic nitrogens is 2. The molecule has 6 N–H and O–H groups in total. The second-order valence-electron chi connectivity index (χ2n) is 11.1. The second kappa shape index (κ2) is 12.4. The van der Waals surface area contributed by atoms with E-state index in [-0.39, 0.29) is 36.6 Å². The van der Waals surface area contributed by atoms with Gasteiger partial charge in [0, 0.05) is 54.3 Å². The number of para-hydroxylation sites is 1. The molecule has 0 spiro atoms. The minimum atomic E-state index is -1.01. The number of fused-ring (bicyclic) bond motifs is 1. The zero-order valence-electron chi connectivity index (χ0n) is 23.3. The van der Waals surface area contributed by atoms with E-state index in [0.717, 1.165) is 46.2 Å². The van der Waals surface area contributed by atoms with Crippen LogP contribution in [-0.2, 0) is 17.8 Å². The van der Waals surface area contributed by atoms with Crippen molar-refractivity contribution < 1.29 is 19.4 Å². The number of aliphatic hydroxyl groups excluding tert-OH is 2. The predicted molar refractivity (Wildman–Crippen MR) is 159 cm³/mol. The Labute approximate surface area is 239 Å². The summed E-state index contributed by atoms with van der Waals surface area (Å²) in [6.45, 7) is 2.79. The van der Waals surface area contributed by atoms with Gasteiger partial charge in [0.2, 0.25) is 5.91 Å². The third-order valence-corrected chi connectivity index (χ3v) is 8.11. The van der Waals surface area contributed by atoms with E-state index in [2.05, 4.69) is 4.98 Å². The van der Waals surface area contributed by atoms with Crippen LogP contribution in [0.5, 0.6) is 0 Å². The smallest absolute Gasteiger partial charge is 0.224 e. The fourth-order valence-electron chi connectivity index (χ4n) is 6.10. The van der Waals surface area contributed by atoms with Crippen LogP contribution < -0.4 is 11.5 Å². The summed E-state index contributed by atoms with van der Waals surface area (Å²) < 4.78 is 16.8. The monoisotopic (exact) mass is 559 g/mol. The Kier molecular flexibility index (Phi) is 8.68. The molecule has 2 aromatic heterocycles. The highest BCUT2D eigenvalue weighted by Crippen LogP contribution is 2.37.